The summed E-state index contributed by atoms with van der Waals surface area (Å²) < 4.78 is 13.6. The Morgan fingerprint density at radius 1 is 1.04 bits per heavy atom. The van der Waals surface area contributed by atoms with Gasteiger partial charge >= 0.3 is 0 Å². The van der Waals surface area contributed by atoms with Crippen LogP contribution in [0.25, 0.3) is 21.9 Å². The summed E-state index contributed by atoms with van der Waals surface area (Å²) in [5.41, 5.74) is 2.19. The topological polar surface area (TPSA) is 0 Å². The first-order valence-corrected chi connectivity index (χ1v) is 9.17. The van der Waals surface area contributed by atoms with Crippen LogP contribution in [-0.2, 0) is 0 Å². The molecule has 0 aliphatic rings. The lowest BCUT2D eigenvalue weighted by Crippen LogP contribution is -1.89. The first-order valence-electron chi connectivity index (χ1n) is 7.80. The van der Waals surface area contributed by atoms with E-state index in [1.165, 1.54) is 6.07 Å². The molecule has 0 atom stereocenters. The quantitative estimate of drug-likeness (QED) is 0.348. The second kappa shape index (κ2) is 7.37. The molecular weight excluding hydrogens is 327 g/mol. The first kappa shape index (κ1) is 16.4. The summed E-state index contributed by atoms with van der Waals surface area (Å²) in [6, 6.07) is 17.0. The van der Waals surface area contributed by atoms with Gasteiger partial charge in [0.2, 0.25) is 0 Å². The lowest BCUT2D eigenvalue weighted by atomic mass is 10.0. The molecule has 0 radical (unpaired) electrons. The Labute approximate surface area is 145 Å². The average Bonchev–Trinajstić information content (AvgIpc) is 2.57. The van der Waals surface area contributed by atoms with Gasteiger partial charge in [0.05, 0.1) is 5.02 Å². The summed E-state index contributed by atoms with van der Waals surface area (Å²) in [7, 11) is 0. The van der Waals surface area contributed by atoms with Gasteiger partial charge in [0.15, 0.2) is 0 Å². The molecule has 0 spiro atoms. The zero-order valence-corrected chi connectivity index (χ0v) is 14.6. The summed E-state index contributed by atoms with van der Waals surface area (Å²) >= 11 is 8.47. The van der Waals surface area contributed by atoms with E-state index < -0.39 is 0 Å². The Balaban J connectivity index is 2.19. The average molecular weight is 345 g/mol. The Morgan fingerprint density at radius 2 is 1.83 bits per heavy atom. The standard InChI is InChI=1S/C20H18ClFS/c1-2-3-11-23-20-18(14-7-5-4-6-8-14)13-15-12-16(22)9-10-17(15)19(20)21/h4-10,12-13H,2-3,11H2,1H3. The maximum atomic E-state index is 13.6. The summed E-state index contributed by atoms with van der Waals surface area (Å²) in [4.78, 5) is 1.09. The molecule has 3 rings (SSSR count). The van der Waals surface area contributed by atoms with Gasteiger partial charge in [-0.2, -0.15) is 0 Å². The van der Waals surface area contributed by atoms with Crippen molar-refractivity contribution in [1.29, 1.82) is 0 Å². The highest BCUT2D eigenvalue weighted by atomic mass is 35.5. The SMILES string of the molecule is CCCCSc1c(-c2ccccc2)cc2cc(F)ccc2c1Cl. The van der Waals surface area contributed by atoms with Crippen molar-refractivity contribution >= 4 is 34.1 Å². The lowest BCUT2D eigenvalue weighted by molar-refractivity contribution is 0.630. The Hall–Kier alpha value is -1.51. The van der Waals surface area contributed by atoms with Gasteiger partial charge in [0.1, 0.15) is 5.82 Å². The molecular formula is C20H18ClFS. The van der Waals surface area contributed by atoms with Crippen LogP contribution in [0.4, 0.5) is 4.39 Å². The highest BCUT2D eigenvalue weighted by molar-refractivity contribution is 7.99. The van der Waals surface area contributed by atoms with Crippen LogP contribution in [0.5, 0.6) is 0 Å². The number of fused-ring (bicyclic) bond motifs is 1. The van der Waals surface area contributed by atoms with E-state index in [4.69, 9.17) is 11.6 Å². The number of hydrogen-bond acceptors (Lipinski definition) is 1. The zero-order chi connectivity index (χ0) is 16.2. The molecule has 0 saturated heterocycles. The molecule has 118 valence electrons. The van der Waals surface area contributed by atoms with Crippen molar-refractivity contribution in [2.45, 2.75) is 24.7 Å². The van der Waals surface area contributed by atoms with E-state index in [0.29, 0.717) is 0 Å². The molecule has 0 amide bonds. The monoisotopic (exact) mass is 344 g/mol. The van der Waals surface area contributed by atoms with E-state index in [-0.39, 0.29) is 5.82 Å². The minimum atomic E-state index is -0.237. The second-order valence-corrected chi connectivity index (χ2v) is 6.98. The van der Waals surface area contributed by atoms with E-state index in [9.17, 15) is 4.39 Å². The van der Waals surface area contributed by atoms with Crippen molar-refractivity contribution in [2.75, 3.05) is 5.75 Å². The molecule has 0 fully saturated rings. The third kappa shape index (κ3) is 3.54. The molecule has 0 aliphatic carbocycles. The Kier molecular flexibility index (Phi) is 5.24. The maximum Gasteiger partial charge on any atom is 0.123 e. The van der Waals surface area contributed by atoms with E-state index >= 15 is 0 Å². The Bertz CT molecular complexity index is 815. The van der Waals surface area contributed by atoms with Crippen molar-refractivity contribution in [3.05, 3.63) is 65.4 Å². The summed E-state index contributed by atoms with van der Waals surface area (Å²) in [5, 5.41) is 2.47. The largest absolute Gasteiger partial charge is 0.207 e. The van der Waals surface area contributed by atoms with Crippen molar-refractivity contribution in [1.82, 2.24) is 0 Å². The number of unbranched alkanes of at least 4 members (excludes halogenated alkanes) is 1. The number of benzene rings is 3. The van der Waals surface area contributed by atoms with Crippen LogP contribution in [0.3, 0.4) is 0 Å². The van der Waals surface area contributed by atoms with Crippen molar-refractivity contribution in [3.8, 4) is 11.1 Å². The number of thioether (sulfide) groups is 1. The molecule has 3 aromatic carbocycles. The fourth-order valence-corrected chi connectivity index (χ4v) is 4.25. The minimum absolute atomic E-state index is 0.237. The molecule has 0 aromatic heterocycles. The van der Waals surface area contributed by atoms with Gasteiger partial charge in [-0.15, -0.1) is 11.8 Å². The van der Waals surface area contributed by atoms with Crippen molar-refractivity contribution in [2.24, 2.45) is 0 Å². The van der Waals surface area contributed by atoms with Crippen molar-refractivity contribution in [3.63, 3.8) is 0 Å². The molecule has 0 heterocycles. The van der Waals surface area contributed by atoms with Crippen LogP contribution in [0.2, 0.25) is 5.02 Å². The minimum Gasteiger partial charge on any atom is -0.207 e. The van der Waals surface area contributed by atoms with Crippen LogP contribution in [-0.4, -0.2) is 5.75 Å². The summed E-state index contributed by atoms with van der Waals surface area (Å²) in [5.74, 6) is 0.793. The predicted octanol–water partition coefficient (Wildman–Crippen LogP) is 7.19. The Morgan fingerprint density at radius 3 is 2.57 bits per heavy atom. The molecule has 0 unspecified atom stereocenters. The number of hydrogen-bond donors (Lipinski definition) is 0. The molecule has 3 heteroatoms. The predicted molar refractivity (Wildman–Crippen MR) is 100.0 cm³/mol. The summed E-state index contributed by atoms with van der Waals surface area (Å²) in [6.45, 7) is 2.18. The van der Waals surface area contributed by atoms with Crippen LogP contribution in [0, 0.1) is 5.82 Å². The van der Waals surface area contributed by atoms with Gasteiger partial charge < -0.3 is 0 Å². The fraction of sp³-hybridized carbons (Fsp3) is 0.200. The van der Waals surface area contributed by atoms with Gasteiger partial charge in [0, 0.05) is 10.3 Å². The molecule has 0 bridgehead atoms. The first-order chi connectivity index (χ1) is 11.2. The van der Waals surface area contributed by atoms with Crippen LogP contribution in [0.15, 0.2) is 59.5 Å². The van der Waals surface area contributed by atoms with Gasteiger partial charge in [-0.1, -0.05) is 55.3 Å². The number of halogens is 2. The highest BCUT2D eigenvalue weighted by Crippen LogP contribution is 2.42. The van der Waals surface area contributed by atoms with E-state index in [0.717, 1.165) is 50.4 Å². The third-order valence-corrected chi connectivity index (χ3v) is 5.53. The van der Waals surface area contributed by atoms with E-state index in [2.05, 4.69) is 19.1 Å². The molecule has 3 aromatic rings. The third-order valence-electron chi connectivity index (χ3n) is 3.82. The number of rotatable bonds is 5. The van der Waals surface area contributed by atoms with Gasteiger partial charge in [-0.3, -0.25) is 0 Å². The van der Waals surface area contributed by atoms with E-state index in [1.807, 2.05) is 24.3 Å². The van der Waals surface area contributed by atoms with Crippen LogP contribution >= 0.6 is 23.4 Å². The van der Waals surface area contributed by atoms with Crippen LogP contribution in [0.1, 0.15) is 19.8 Å². The van der Waals surface area contributed by atoms with Crippen LogP contribution < -0.4 is 0 Å². The second-order valence-electron chi connectivity index (χ2n) is 5.50. The highest BCUT2D eigenvalue weighted by Gasteiger charge is 2.14. The lowest BCUT2D eigenvalue weighted by Gasteiger charge is -2.14. The van der Waals surface area contributed by atoms with Gasteiger partial charge in [0.25, 0.3) is 0 Å². The zero-order valence-electron chi connectivity index (χ0n) is 13.0. The normalized spacial score (nSPS) is 11.1. The molecule has 0 aliphatic heterocycles. The maximum absolute atomic E-state index is 13.6. The van der Waals surface area contributed by atoms with Gasteiger partial charge in [-0.25, -0.2) is 4.39 Å². The molecule has 0 saturated carbocycles. The molecule has 0 nitrogen and oxygen atoms in total. The molecule has 23 heavy (non-hydrogen) atoms. The summed E-state index contributed by atoms with van der Waals surface area (Å²) in [6.07, 6.45) is 2.31. The van der Waals surface area contributed by atoms with E-state index in [1.54, 1.807) is 23.9 Å². The fourth-order valence-electron chi connectivity index (χ4n) is 2.61. The van der Waals surface area contributed by atoms with Crippen molar-refractivity contribution < 1.29 is 4.39 Å². The molecule has 0 N–H and O–H groups in total. The smallest absolute Gasteiger partial charge is 0.123 e. The van der Waals surface area contributed by atoms with Gasteiger partial charge in [-0.05, 0) is 53.0 Å².